The highest BCUT2D eigenvalue weighted by molar-refractivity contribution is 7.89. The van der Waals surface area contributed by atoms with Crippen LogP contribution in [0.4, 0.5) is 0 Å². The van der Waals surface area contributed by atoms with Crippen molar-refractivity contribution < 1.29 is 18.0 Å². The van der Waals surface area contributed by atoms with Gasteiger partial charge in [0.2, 0.25) is 21.8 Å². The predicted octanol–water partition coefficient (Wildman–Crippen LogP) is 2.99. The Morgan fingerprint density at radius 1 is 0.969 bits per heavy atom. The summed E-state index contributed by atoms with van der Waals surface area (Å²) in [6.45, 7) is 5.24. The Hall–Kier alpha value is -2.71. The van der Waals surface area contributed by atoms with E-state index in [1.165, 1.54) is 4.31 Å². The molecule has 1 atom stereocenters. The van der Waals surface area contributed by atoms with E-state index in [2.05, 4.69) is 10.6 Å². The van der Waals surface area contributed by atoms with Crippen molar-refractivity contribution in [1.82, 2.24) is 14.9 Å². The number of carbonyl (C=O) groups excluding carboxylic acids is 2. The molecule has 0 radical (unpaired) electrons. The van der Waals surface area contributed by atoms with Crippen molar-refractivity contribution in [2.75, 3.05) is 13.1 Å². The van der Waals surface area contributed by atoms with Crippen LogP contribution in [0.5, 0.6) is 0 Å². The third-order valence-electron chi connectivity index (χ3n) is 5.39. The average molecular weight is 458 g/mol. The summed E-state index contributed by atoms with van der Waals surface area (Å²) >= 11 is 0. The minimum atomic E-state index is -3.46. The Bertz CT molecular complexity index is 1010. The van der Waals surface area contributed by atoms with Crippen LogP contribution in [-0.2, 0) is 26.2 Å². The van der Waals surface area contributed by atoms with Gasteiger partial charge in [-0.2, -0.15) is 4.31 Å². The molecule has 1 unspecified atom stereocenters. The van der Waals surface area contributed by atoms with E-state index in [0.717, 1.165) is 18.4 Å². The van der Waals surface area contributed by atoms with E-state index >= 15 is 0 Å². The summed E-state index contributed by atoms with van der Waals surface area (Å²) < 4.78 is 26.8. The monoisotopic (exact) mass is 457 g/mol. The maximum absolute atomic E-state index is 12.9. The molecule has 172 valence electrons. The lowest BCUT2D eigenvalue weighted by molar-refractivity contribution is -0.129. The van der Waals surface area contributed by atoms with Crippen molar-refractivity contribution in [1.29, 1.82) is 0 Å². The lowest BCUT2D eigenvalue weighted by atomic mass is 10.0. The molecular formula is C24H31N3O4S. The van der Waals surface area contributed by atoms with Crippen LogP contribution in [0.2, 0.25) is 0 Å². The summed E-state index contributed by atoms with van der Waals surface area (Å²) in [5.41, 5.74) is 1.48. The SMILES string of the molecule is CC(C)CC(=O)NC(C(=O)NCc1ccc(S(=O)(=O)N2CCCC2)cc1)c1ccccc1. The zero-order valence-electron chi connectivity index (χ0n) is 18.6. The van der Waals surface area contributed by atoms with Crippen LogP contribution in [0, 0.1) is 5.92 Å². The van der Waals surface area contributed by atoms with Gasteiger partial charge in [0.05, 0.1) is 4.90 Å². The van der Waals surface area contributed by atoms with Crippen molar-refractivity contribution in [3.8, 4) is 0 Å². The number of sulfonamides is 1. The molecule has 2 aromatic carbocycles. The molecule has 0 bridgehead atoms. The molecule has 0 spiro atoms. The Morgan fingerprint density at radius 2 is 1.59 bits per heavy atom. The third kappa shape index (κ3) is 6.17. The molecule has 32 heavy (non-hydrogen) atoms. The van der Waals surface area contributed by atoms with Gasteiger partial charge < -0.3 is 10.6 Å². The first-order valence-electron chi connectivity index (χ1n) is 11.0. The number of amides is 2. The minimum absolute atomic E-state index is 0.180. The lowest BCUT2D eigenvalue weighted by Gasteiger charge is -2.20. The zero-order valence-corrected chi connectivity index (χ0v) is 19.4. The van der Waals surface area contributed by atoms with Crippen LogP contribution in [0.1, 0.15) is 50.3 Å². The molecule has 2 amide bonds. The Labute approximate surface area is 190 Å². The van der Waals surface area contributed by atoms with Gasteiger partial charge in [-0.25, -0.2) is 8.42 Å². The first kappa shape index (κ1) is 23.9. The second-order valence-corrected chi connectivity index (χ2v) is 10.4. The molecule has 0 saturated carbocycles. The predicted molar refractivity (Wildman–Crippen MR) is 123 cm³/mol. The molecule has 0 aliphatic carbocycles. The standard InChI is InChI=1S/C24H31N3O4S/c1-18(2)16-22(28)26-23(20-8-4-3-5-9-20)24(29)25-17-19-10-12-21(13-11-19)32(30,31)27-14-6-7-15-27/h3-5,8-13,18,23H,6-7,14-17H2,1-2H3,(H,25,29)(H,26,28). The molecule has 2 aromatic rings. The largest absolute Gasteiger partial charge is 0.350 e. The van der Waals surface area contributed by atoms with Crippen LogP contribution in [0.3, 0.4) is 0 Å². The van der Waals surface area contributed by atoms with Gasteiger partial charge in [-0.3, -0.25) is 9.59 Å². The topological polar surface area (TPSA) is 95.6 Å². The molecular weight excluding hydrogens is 426 g/mol. The van der Waals surface area contributed by atoms with E-state index in [-0.39, 0.29) is 29.2 Å². The van der Waals surface area contributed by atoms with Gasteiger partial charge in [0, 0.05) is 26.1 Å². The van der Waals surface area contributed by atoms with E-state index in [4.69, 9.17) is 0 Å². The summed E-state index contributed by atoms with van der Waals surface area (Å²) in [6, 6.07) is 14.9. The van der Waals surface area contributed by atoms with Gasteiger partial charge in [0.1, 0.15) is 6.04 Å². The molecule has 1 fully saturated rings. The van der Waals surface area contributed by atoms with Crippen molar-refractivity contribution in [3.63, 3.8) is 0 Å². The summed E-state index contributed by atoms with van der Waals surface area (Å²) in [5, 5.41) is 5.68. The van der Waals surface area contributed by atoms with E-state index in [1.54, 1.807) is 36.4 Å². The van der Waals surface area contributed by atoms with Crippen LogP contribution in [0.15, 0.2) is 59.5 Å². The highest BCUT2D eigenvalue weighted by Gasteiger charge is 2.27. The maximum atomic E-state index is 12.9. The molecule has 3 rings (SSSR count). The smallest absolute Gasteiger partial charge is 0.247 e. The van der Waals surface area contributed by atoms with Crippen LogP contribution in [0.25, 0.3) is 0 Å². The van der Waals surface area contributed by atoms with Gasteiger partial charge >= 0.3 is 0 Å². The second kappa shape index (κ2) is 10.7. The molecule has 8 heteroatoms. The molecule has 2 N–H and O–H groups in total. The number of rotatable bonds is 9. The highest BCUT2D eigenvalue weighted by Crippen LogP contribution is 2.21. The number of carbonyl (C=O) groups is 2. The van der Waals surface area contributed by atoms with Crippen LogP contribution >= 0.6 is 0 Å². The highest BCUT2D eigenvalue weighted by atomic mass is 32.2. The molecule has 1 heterocycles. The fourth-order valence-electron chi connectivity index (χ4n) is 3.68. The van der Waals surface area contributed by atoms with Crippen molar-refractivity contribution in [3.05, 3.63) is 65.7 Å². The summed E-state index contributed by atoms with van der Waals surface area (Å²) in [4.78, 5) is 25.5. The molecule has 0 aromatic heterocycles. The Balaban J connectivity index is 1.65. The van der Waals surface area contributed by atoms with E-state index in [1.807, 2.05) is 32.0 Å². The van der Waals surface area contributed by atoms with Crippen LogP contribution in [-0.4, -0.2) is 37.6 Å². The van der Waals surface area contributed by atoms with Gasteiger partial charge in [-0.1, -0.05) is 56.3 Å². The van der Waals surface area contributed by atoms with Gasteiger partial charge in [-0.05, 0) is 42.0 Å². The number of benzene rings is 2. The fourth-order valence-corrected chi connectivity index (χ4v) is 5.20. The lowest BCUT2D eigenvalue weighted by Crippen LogP contribution is -2.40. The average Bonchev–Trinajstić information content (AvgIpc) is 3.32. The van der Waals surface area contributed by atoms with Crippen LogP contribution < -0.4 is 10.6 Å². The number of hydrogen-bond acceptors (Lipinski definition) is 4. The first-order valence-corrected chi connectivity index (χ1v) is 12.4. The number of nitrogens with one attached hydrogen (secondary N) is 2. The summed E-state index contributed by atoms with van der Waals surface area (Å²) in [7, 11) is -3.46. The van der Waals surface area contributed by atoms with Crippen molar-refractivity contribution in [2.45, 2.75) is 50.6 Å². The first-order chi connectivity index (χ1) is 15.3. The van der Waals surface area contributed by atoms with Crippen molar-refractivity contribution in [2.24, 2.45) is 5.92 Å². The molecule has 1 saturated heterocycles. The van der Waals surface area contributed by atoms with Gasteiger partial charge in [0.15, 0.2) is 0 Å². The third-order valence-corrected chi connectivity index (χ3v) is 7.30. The number of hydrogen-bond donors (Lipinski definition) is 2. The fraction of sp³-hybridized carbons (Fsp3) is 0.417. The van der Waals surface area contributed by atoms with Gasteiger partial charge in [0.25, 0.3) is 0 Å². The summed E-state index contributed by atoms with van der Waals surface area (Å²) in [5.74, 6) is -0.313. The second-order valence-electron chi connectivity index (χ2n) is 8.48. The Kier molecular flexibility index (Phi) is 8.04. The van der Waals surface area contributed by atoms with E-state index < -0.39 is 16.1 Å². The molecule has 7 nitrogen and oxygen atoms in total. The Morgan fingerprint density at radius 3 is 2.19 bits per heavy atom. The van der Waals surface area contributed by atoms with Crippen molar-refractivity contribution >= 4 is 21.8 Å². The van der Waals surface area contributed by atoms with E-state index in [0.29, 0.717) is 25.1 Å². The maximum Gasteiger partial charge on any atom is 0.247 e. The van der Waals surface area contributed by atoms with E-state index in [9.17, 15) is 18.0 Å². The normalized spacial score (nSPS) is 15.5. The van der Waals surface area contributed by atoms with Gasteiger partial charge in [-0.15, -0.1) is 0 Å². The minimum Gasteiger partial charge on any atom is -0.350 e. The quantitative estimate of drug-likeness (QED) is 0.605. The zero-order chi connectivity index (χ0) is 23.1. The molecule has 1 aliphatic heterocycles. The summed E-state index contributed by atoms with van der Waals surface area (Å²) in [6.07, 6.45) is 2.11. The molecule has 1 aliphatic rings. The number of nitrogens with zero attached hydrogens (tertiary/aromatic N) is 1.